The third-order valence-electron chi connectivity index (χ3n) is 5.01. The van der Waals surface area contributed by atoms with Crippen LogP contribution in [0.5, 0.6) is 0 Å². The fraction of sp³-hybridized carbons (Fsp3) is 0.556. The van der Waals surface area contributed by atoms with Gasteiger partial charge >= 0.3 is 0 Å². The Morgan fingerprint density at radius 3 is 2.52 bits per heavy atom. The average Bonchev–Trinajstić information content (AvgIpc) is 3.06. The molecule has 4 nitrogen and oxygen atoms in total. The van der Waals surface area contributed by atoms with Gasteiger partial charge in [-0.1, -0.05) is 6.92 Å². The maximum atomic E-state index is 13.0. The fourth-order valence-electron chi connectivity index (χ4n) is 3.52. The molecule has 0 aliphatic heterocycles. The first-order chi connectivity index (χ1) is 11.2. The van der Waals surface area contributed by atoms with E-state index in [4.69, 9.17) is 4.42 Å². The van der Waals surface area contributed by atoms with Gasteiger partial charge in [0.05, 0.1) is 6.26 Å². The number of furan rings is 1. The van der Waals surface area contributed by atoms with Crippen molar-refractivity contribution in [2.75, 3.05) is 0 Å². The Bertz CT molecular complexity index is 667. The van der Waals surface area contributed by atoms with Gasteiger partial charge in [-0.15, -0.1) is 11.3 Å². The number of hydrogen-bond acceptors (Lipinski definition) is 4. The van der Waals surface area contributed by atoms with E-state index in [-0.39, 0.29) is 5.91 Å². The molecule has 122 valence electrons. The van der Waals surface area contributed by atoms with Crippen molar-refractivity contribution in [2.24, 2.45) is 5.92 Å². The zero-order chi connectivity index (χ0) is 15.8. The summed E-state index contributed by atoms with van der Waals surface area (Å²) >= 11 is 1.48. The summed E-state index contributed by atoms with van der Waals surface area (Å²) in [4.78, 5) is 19.7. The van der Waals surface area contributed by atoms with E-state index in [9.17, 15) is 4.79 Å². The molecule has 0 spiro atoms. The van der Waals surface area contributed by atoms with Gasteiger partial charge in [0.25, 0.3) is 5.91 Å². The minimum atomic E-state index is 0.112. The summed E-state index contributed by atoms with van der Waals surface area (Å²) in [6, 6.07) is 4.57. The zero-order valence-electron chi connectivity index (χ0n) is 13.4. The number of aromatic nitrogens is 1. The van der Waals surface area contributed by atoms with E-state index in [1.807, 2.05) is 17.5 Å². The summed E-state index contributed by atoms with van der Waals surface area (Å²) in [7, 11) is 0. The van der Waals surface area contributed by atoms with Crippen LogP contribution in [0, 0.1) is 5.92 Å². The molecular weight excluding hydrogens is 308 g/mol. The molecule has 23 heavy (non-hydrogen) atoms. The van der Waals surface area contributed by atoms with Gasteiger partial charge < -0.3 is 9.32 Å². The van der Waals surface area contributed by atoms with Crippen molar-refractivity contribution >= 4 is 17.2 Å². The number of carbonyl (C=O) groups is 1. The molecule has 2 aliphatic carbocycles. The molecule has 2 aromatic rings. The lowest BCUT2D eigenvalue weighted by atomic mass is 9.86. The van der Waals surface area contributed by atoms with E-state index in [1.165, 1.54) is 24.2 Å². The second kappa shape index (κ2) is 6.11. The number of nitrogens with zero attached hydrogens (tertiary/aromatic N) is 2. The van der Waals surface area contributed by atoms with Crippen LogP contribution in [0.15, 0.2) is 28.2 Å². The number of carbonyl (C=O) groups excluding carboxylic acids is 1. The molecule has 2 fully saturated rings. The lowest BCUT2D eigenvalue weighted by molar-refractivity contribution is 0.0588. The van der Waals surface area contributed by atoms with Crippen molar-refractivity contribution in [3.05, 3.63) is 29.5 Å². The van der Waals surface area contributed by atoms with Crippen molar-refractivity contribution in [2.45, 2.75) is 57.5 Å². The maximum Gasteiger partial charge on any atom is 0.273 e. The third-order valence-corrected chi connectivity index (χ3v) is 5.87. The number of hydrogen-bond donors (Lipinski definition) is 0. The molecule has 2 heterocycles. The highest BCUT2D eigenvalue weighted by Crippen LogP contribution is 2.36. The Morgan fingerprint density at radius 2 is 1.91 bits per heavy atom. The molecule has 1 amide bonds. The number of rotatable bonds is 4. The highest BCUT2D eigenvalue weighted by atomic mass is 32.1. The minimum Gasteiger partial charge on any atom is -0.462 e. The summed E-state index contributed by atoms with van der Waals surface area (Å²) in [5.41, 5.74) is 0.576. The van der Waals surface area contributed by atoms with Gasteiger partial charge in [0.1, 0.15) is 5.69 Å². The third kappa shape index (κ3) is 3.07. The molecule has 4 rings (SSSR count). The predicted octanol–water partition coefficient (Wildman–Crippen LogP) is 4.59. The average molecular weight is 330 g/mol. The van der Waals surface area contributed by atoms with Gasteiger partial charge in [0, 0.05) is 17.5 Å². The second-order valence-electron chi connectivity index (χ2n) is 6.87. The predicted molar refractivity (Wildman–Crippen MR) is 90.4 cm³/mol. The van der Waals surface area contributed by atoms with Crippen molar-refractivity contribution in [1.29, 1.82) is 0 Å². The maximum absolute atomic E-state index is 13.0. The first-order valence-corrected chi connectivity index (χ1v) is 9.42. The van der Waals surface area contributed by atoms with Gasteiger partial charge in [-0.05, 0) is 56.6 Å². The van der Waals surface area contributed by atoms with Gasteiger partial charge in [-0.3, -0.25) is 4.79 Å². The van der Waals surface area contributed by atoms with Crippen molar-refractivity contribution in [3.63, 3.8) is 0 Å². The molecule has 0 atom stereocenters. The van der Waals surface area contributed by atoms with Crippen molar-refractivity contribution < 1.29 is 9.21 Å². The number of amides is 1. The van der Waals surface area contributed by atoms with E-state index in [1.54, 1.807) is 6.26 Å². The SMILES string of the molecule is CC1CCC(N(C(=O)c2csc(-c3ccco3)n2)C2CC2)CC1. The molecule has 0 saturated heterocycles. The quantitative estimate of drug-likeness (QED) is 0.824. The first kappa shape index (κ1) is 14.9. The van der Waals surface area contributed by atoms with Crippen LogP contribution in [0.2, 0.25) is 0 Å². The van der Waals surface area contributed by atoms with Gasteiger partial charge in [0.15, 0.2) is 10.8 Å². The summed E-state index contributed by atoms with van der Waals surface area (Å²) in [6.07, 6.45) is 8.67. The van der Waals surface area contributed by atoms with Crippen molar-refractivity contribution in [1.82, 2.24) is 9.88 Å². The van der Waals surface area contributed by atoms with E-state index in [2.05, 4.69) is 16.8 Å². The molecular formula is C18H22N2O2S. The topological polar surface area (TPSA) is 46.3 Å². The van der Waals surface area contributed by atoms with Crippen LogP contribution >= 0.6 is 11.3 Å². The highest BCUT2D eigenvalue weighted by molar-refractivity contribution is 7.13. The van der Waals surface area contributed by atoms with Crippen LogP contribution < -0.4 is 0 Å². The largest absolute Gasteiger partial charge is 0.462 e. The van der Waals surface area contributed by atoms with Gasteiger partial charge in [-0.2, -0.15) is 0 Å². The zero-order valence-corrected chi connectivity index (χ0v) is 14.2. The van der Waals surface area contributed by atoms with Gasteiger partial charge in [0.2, 0.25) is 0 Å². The molecule has 2 aliphatic rings. The smallest absolute Gasteiger partial charge is 0.273 e. The highest BCUT2D eigenvalue weighted by Gasteiger charge is 2.39. The fourth-order valence-corrected chi connectivity index (χ4v) is 4.28. The summed E-state index contributed by atoms with van der Waals surface area (Å²) in [5, 5.41) is 2.66. The Hall–Kier alpha value is -1.62. The van der Waals surface area contributed by atoms with Gasteiger partial charge in [-0.25, -0.2) is 4.98 Å². The minimum absolute atomic E-state index is 0.112. The second-order valence-corrected chi connectivity index (χ2v) is 7.73. The summed E-state index contributed by atoms with van der Waals surface area (Å²) < 4.78 is 5.38. The summed E-state index contributed by atoms with van der Waals surface area (Å²) in [6.45, 7) is 2.32. The first-order valence-electron chi connectivity index (χ1n) is 8.54. The standard InChI is InChI=1S/C18H22N2O2S/c1-12-4-6-13(7-5-12)20(14-8-9-14)18(21)15-11-23-17(19-15)16-3-2-10-22-16/h2-3,10-14H,4-9H2,1H3. The van der Waals surface area contributed by atoms with E-state index >= 15 is 0 Å². The van der Waals surface area contributed by atoms with E-state index in [0.29, 0.717) is 17.8 Å². The molecule has 0 aromatic carbocycles. The van der Waals surface area contributed by atoms with Crippen LogP contribution in [-0.4, -0.2) is 27.9 Å². The van der Waals surface area contributed by atoms with Crippen molar-refractivity contribution in [3.8, 4) is 10.8 Å². The Kier molecular flexibility index (Phi) is 3.97. The molecule has 0 N–H and O–H groups in total. The Labute approximate surface area is 140 Å². The van der Waals surface area contributed by atoms with Crippen LogP contribution in [-0.2, 0) is 0 Å². The van der Waals surface area contributed by atoms with Crippen LogP contribution in [0.1, 0.15) is 55.9 Å². The lowest BCUT2D eigenvalue weighted by Gasteiger charge is -2.36. The normalized spacial score (nSPS) is 24.6. The molecule has 2 saturated carbocycles. The monoisotopic (exact) mass is 330 g/mol. The van der Waals surface area contributed by atoms with Crippen LogP contribution in [0.4, 0.5) is 0 Å². The Balaban J connectivity index is 1.54. The van der Waals surface area contributed by atoms with Crippen LogP contribution in [0.25, 0.3) is 10.8 Å². The number of thiazole rings is 1. The van der Waals surface area contributed by atoms with E-state index in [0.717, 1.165) is 42.4 Å². The molecule has 0 radical (unpaired) electrons. The Morgan fingerprint density at radius 1 is 1.22 bits per heavy atom. The van der Waals surface area contributed by atoms with Crippen LogP contribution in [0.3, 0.4) is 0 Å². The van der Waals surface area contributed by atoms with E-state index < -0.39 is 0 Å². The molecule has 2 aromatic heterocycles. The molecule has 0 unspecified atom stereocenters. The lowest BCUT2D eigenvalue weighted by Crippen LogP contribution is -2.43. The molecule has 0 bridgehead atoms. The molecule has 5 heteroatoms. The summed E-state index contributed by atoms with van der Waals surface area (Å²) in [5.74, 6) is 1.65.